The number of hydrogen-bond acceptors (Lipinski definition) is 3. The summed E-state index contributed by atoms with van der Waals surface area (Å²) in [7, 11) is 0. The maximum absolute atomic E-state index is 11.8. The summed E-state index contributed by atoms with van der Waals surface area (Å²) in [5.41, 5.74) is 1.37. The molecule has 0 spiro atoms. The molecule has 1 aliphatic rings. The van der Waals surface area contributed by atoms with Gasteiger partial charge in [-0.25, -0.2) is 4.79 Å². The number of ether oxygens (including phenoxy) is 1. The van der Waals surface area contributed by atoms with Gasteiger partial charge in [0.2, 0.25) is 0 Å². The maximum Gasteiger partial charge on any atom is 0.341 e. The number of aromatic carboxylic acids is 1. The van der Waals surface area contributed by atoms with Crippen molar-refractivity contribution >= 4 is 5.97 Å². The molecule has 0 aliphatic carbocycles. The summed E-state index contributed by atoms with van der Waals surface area (Å²) in [6.45, 7) is 0.453. The Labute approximate surface area is 108 Å². The van der Waals surface area contributed by atoms with Crippen LogP contribution < -0.4 is 10.3 Å². The van der Waals surface area contributed by atoms with E-state index in [1.807, 2.05) is 24.3 Å². The zero-order valence-electron chi connectivity index (χ0n) is 9.97. The van der Waals surface area contributed by atoms with Crippen molar-refractivity contribution in [3.8, 4) is 17.0 Å². The molecule has 1 aromatic carbocycles. The predicted octanol–water partition coefficient (Wildman–Crippen LogP) is 1.67. The van der Waals surface area contributed by atoms with Crippen molar-refractivity contribution in [3.63, 3.8) is 0 Å². The number of carboxylic acid groups (broad SMARTS) is 1. The van der Waals surface area contributed by atoms with E-state index in [1.165, 1.54) is 6.07 Å². The Morgan fingerprint density at radius 2 is 2.11 bits per heavy atom. The van der Waals surface area contributed by atoms with E-state index < -0.39 is 11.5 Å². The molecule has 1 aliphatic heterocycles. The zero-order chi connectivity index (χ0) is 13.4. The average Bonchev–Trinajstić information content (AvgIpc) is 2.57. The molecule has 0 atom stereocenters. The van der Waals surface area contributed by atoms with E-state index in [1.54, 1.807) is 0 Å². The molecule has 2 aromatic rings. The second-order valence-electron chi connectivity index (χ2n) is 4.31. The van der Waals surface area contributed by atoms with Gasteiger partial charge in [-0.3, -0.25) is 4.79 Å². The number of benzene rings is 1. The Morgan fingerprint density at radius 3 is 2.89 bits per heavy atom. The smallest absolute Gasteiger partial charge is 0.341 e. The van der Waals surface area contributed by atoms with Gasteiger partial charge in [0.25, 0.3) is 5.56 Å². The fourth-order valence-electron chi connectivity index (χ4n) is 2.24. The van der Waals surface area contributed by atoms with Crippen LogP contribution in [0.1, 0.15) is 15.9 Å². The molecule has 0 fully saturated rings. The normalized spacial score (nSPS) is 12.8. The highest BCUT2D eigenvalue weighted by molar-refractivity contribution is 5.88. The minimum atomic E-state index is -1.22. The van der Waals surface area contributed by atoms with Gasteiger partial charge in [-0.2, -0.15) is 0 Å². The quantitative estimate of drug-likeness (QED) is 0.814. The monoisotopic (exact) mass is 257 g/mol. The number of para-hydroxylation sites is 1. The number of pyridine rings is 1. The van der Waals surface area contributed by atoms with Crippen LogP contribution in [0.3, 0.4) is 0 Å². The van der Waals surface area contributed by atoms with Crippen LogP contribution >= 0.6 is 0 Å². The van der Waals surface area contributed by atoms with Gasteiger partial charge in [0, 0.05) is 12.0 Å². The first-order chi connectivity index (χ1) is 9.16. The molecule has 1 aromatic heterocycles. The summed E-state index contributed by atoms with van der Waals surface area (Å²) in [4.78, 5) is 25.4. The number of carboxylic acids is 1. The number of fused-ring (bicyclic) bond motifs is 3. The van der Waals surface area contributed by atoms with Gasteiger partial charge in [-0.1, -0.05) is 12.1 Å². The van der Waals surface area contributed by atoms with Crippen molar-refractivity contribution in [2.45, 2.75) is 6.42 Å². The molecule has 0 radical (unpaired) electrons. The van der Waals surface area contributed by atoms with Crippen LogP contribution in [0.4, 0.5) is 0 Å². The summed E-state index contributed by atoms with van der Waals surface area (Å²) < 4.78 is 5.60. The van der Waals surface area contributed by atoms with Crippen molar-refractivity contribution in [1.29, 1.82) is 0 Å². The van der Waals surface area contributed by atoms with E-state index in [2.05, 4.69) is 4.98 Å². The Kier molecular flexibility index (Phi) is 2.59. The molecule has 0 saturated carbocycles. The molecule has 0 bridgehead atoms. The molecule has 5 heteroatoms. The predicted molar refractivity (Wildman–Crippen MR) is 68.7 cm³/mol. The standard InChI is InChI=1S/C14H11NO4/c16-13-10(14(17)18)7-8-5-6-19-11-4-2-1-3-9(11)12(8)15-13/h1-4,7H,5-6H2,(H,15,16)(H,17,18). The summed E-state index contributed by atoms with van der Waals surface area (Å²) >= 11 is 0. The van der Waals surface area contributed by atoms with E-state index in [0.29, 0.717) is 24.5 Å². The third kappa shape index (κ3) is 1.89. The van der Waals surface area contributed by atoms with E-state index >= 15 is 0 Å². The molecule has 0 unspecified atom stereocenters. The summed E-state index contributed by atoms with van der Waals surface area (Å²) in [5, 5.41) is 8.98. The topological polar surface area (TPSA) is 79.4 Å². The maximum atomic E-state index is 11.8. The Bertz CT molecular complexity index is 718. The highest BCUT2D eigenvalue weighted by Gasteiger charge is 2.19. The molecule has 3 rings (SSSR count). The lowest BCUT2D eigenvalue weighted by Gasteiger charge is -2.08. The van der Waals surface area contributed by atoms with Crippen LogP contribution in [-0.4, -0.2) is 22.7 Å². The first-order valence-electron chi connectivity index (χ1n) is 5.88. The van der Waals surface area contributed by atoms with E-state index in [4.69, 9.17) is 9.84 Å². The lowest BCUT2D eigenvalue weighted by atomic mass is 10.0. The molecule has 5 nitrogen and oxygen atoms in total. The van der Waals surface area contributed by atoms with Gasteiger partial charge in [0.05, 0.1) is 12.3 Å². The van der Waals surface area contributed by atoms with Gasteiger partial charge >= 0.3 is 5.97 Å². The number of nitrogens with one attached hydrogen (secondary N) is 1. The third-order valence-corrected chi connectivity index (χ3v) is 3.14. The third-order valence-electron chi connectivity index (χ3n) is 3.14. The van der Waals surface area contributed by atoms with Crippen molar-refractivity contribution < 1.29 is 14.6 Å². The zero-order valence-corrected chi connectivity index (χ0v) is 9.97. The van der Waals surface area contributed by atoms with Crippen LogP contribution in [0.5, 0.6) is 5.75 Å². The Hall–Kier alpha value is -2.56. The number of aromatic amines is 1. The van der Waals surface area contributed by atoms with E-state index in [0.717, 1.165) is 11.1 Å². The van der Waals surface area contributed by atoms with Gasteiger partial charge in [0.1, 0.15) is 11.3 Å². The van der Waals surface area contributed by atoms with Crippen LogP contribution in [-0.2, 0) is 6.42 Å². The Balaban J connectivity index is 2.28. The fourth-order valence-corrected chi connectivity index (χ4v) is 2.24. The van der Waals surface area contributed by atoms with Crippen molar-refractivity contribution in [2.24, 2.45) is 0 Å². The van der Waals surface area contributed by atoms with Crippen LogP contribution in [0.25, 0.3) is 11.3 Å². The highest BCUT2D eigenvalue weighted by Crippen LogP contribution is 2.33. The number of rotatable bonds is 1. The van der Waals surface area contributed by atoms with Crippen LogP contribution in [0.15, 0.2) is 35.1 Å². The molecule has 0 saturated heterocycles. The van der Waals surface area contributed by atoms with Gasteiger partial charge in [0.15, 0.2) is 0 Å². The largest absolute Gasteiger partial charge is 0.493 e. The molecule has 2 heterocycles. The number of hydrogen-bond donors (Lipinski definition) is 2. The average molecular weight is 257 g/mol. The summed E-state index contributed by atoms with van der Waals surface area (Å²) in [6, 6.07) is 8.81. The van der Waals surface area contributed by atoms with Crippen molar-refractivity contribution in [2.75, 3.05) is 6.61 Å². The van der Waals surface area contributed by atoms with Gasteiger partial charge < -0.3 is 14.8 Å². The highest BCUT2D eigenvalue weighted by atomic mass is 16.5. The van der Waals surface area contributed by atoms with Crippen LogP contribution in [0.2, 0.25) is 0 Å². The molecule has 0 amide bonds. The molecular formula is C14H11NO4. The first kappa shape index (κ1) is 11.5. The second kappa shape index (κ2) is 4.28. The molecular weight excluding hydrogens is 246 g/mol. The minimum absolute atomic E-state index is 0.238. The van der Waals surface area contributed by atoms with Crippen molar-refractivity contribution in [3.05, 3.63) is 51.8 Å². The number of carbonyl (C=O) groups is 1. The van der Waals surface area contributed by atoms with Gasteiger partial charge in [-0.15, -0.1) is 0 Å². The summed E-state index contributed by atoms with van der Waals surface area (Å²) in [6.07, 6.45) is 0.557. The van der Waals surface area contributed by atoms with Gasteiger partial charge in [-0.05, 0) is 23.8 Å². The molecule has 2 N–H and O–H groups in total. The summed E-state index contributed by atoms with van der Waals surface area (Å²) in [5.74, 6) is -0.525. The van der Waals surface area contributed by atoms with E-state index in [9.17, 15) is 9.59 Å². The van der Waals surface area contributed by atoms with Crippen LogP contribution in [0, 0.1) is 0 Å². The fraction of sp³-hybridized carbons (Fsp3) is 0.143. The number of aromatic nitrogens is 1. The second-order valence-corrected chi connectivity index (χ2v) is 4.31. The first-order valence-corrected chi connectivity index (χ1v) is 5.88. The SMILES string of the molecule is O=C(O)c1cc2c([nH]c1=O)-c1ccccc1OCC2. The Morgan fingerprint density at radius 1 is 1.32 bits per heavy atom. The van der Waals surface area contributed by atoms with E-state index in [-0.39, 0.29) is 5.56 Å². The van der Waals surface area contributed by atoms with Crippen molar-refractivity contribution in [1.82, 2.24) is 4.98 Å². The lowest BCUT2D eigenvalue weighted by molar-refractivity contribution is 0.0695. The molecule has 96 valence electrons. The lowest BCUT2D eigenvalue weighted by Crippen LogP contribution is -2.19. The number of H-pyrrole nitrogens is 1. The molecule has 19 heavy (non-hydrogen) atoms. The minimum Gasteiger partial charge on any atom is -0.493 e.